The van der Waals surface area contributed by atoms with Gasteiger partial charge in [-0.05, 0) is 88.5 Å². The fourth-order valence-corrected chi connectivity index (χ4v) is 7.22. The molecule has 3 saturated carbocycles. The highest BCUT2D eigenvalue weighted by Gasteiger charge is 2.60. The summed E-state index contributed by atoms with van der Waals surface area (Å²) in [7, 11) is 0. The number of nitrogens with one attached hydrogen (secondary N) is 2. The Morgan fingerprint density at radius 1 is 1.11 bits per heavy atom. The lowest BCUT2D eigenvalue weighted by molar-refractivity contribution is -0.135. The lowest BCUT2D eigenvalue weighted by Crippen LogP contribution is -2.59. The van der Waals surface area contributed by atoms with E-state index < -0.39 is 0 Å². The third-order valence-electron chi connectivity index (χ3n) is 8.50. The summed E-state index contributed by atoms with van der Waals surface area (Å²) in [6.45, 7) is 11.0. The van der Waals surface area contributed by atoms with Crippen LogP contribution in [0.25, 0.3) is 0 Å². The van der Waals surface area contributed by atoms with Gasteiger partial charge in [-0.1, -0.05) is 19.9 Å². The maximum atomic E-state index is 13.0. The summed E-state index contributed by atoms with van der Waals surface area (Å²) in [4.78, 5) is 24.9. The van der Waals surface area contributed by atoms with Gasteiger partial charge in [0.15, 0.2) is 0 Å². The van der Waals surface area contributed by atoms with Crippen LogP contribution in [0.5, 0.6) is 0 Å². The fourth-order valence-electron chi connectivity index (χ4n) is 7.22. The maximum Gasteiger partial charge on any atom is 0.243 e. The minimum Gasteiger partial charge on any atom is -0.351 e. The van der Waals surface area contributed by atoms with Crippen LogP contribution in [0.15, 0.2) is 12.2 Å². The van der Waals surface area contributed by atoms with Gasteiger partial charge in [0, 0.05) is 22.9 Å². The summed E-state index contributed by atoms with van der Waals surface area (Å²) in [6.07, 6.45) is 10.7. The molecule has 0 aromatic carbocycles. The summed E-state index contributed by atoms with van der Waals surface area (Å²) in [5.74, 6) is 2.41. The molecule has 4 nitrogen and oxygen atoms in total. The van der Waals surface area contributed by atoms with Crippen LogP contribution in [0.2, 0.25) is 0 Å². The fraction of sp³-hybridized carbons (Fsp3) is 0.826. The van der Waals surface area contributed by atoms with Crippen LogP contribution in [0.3, 0.4) is 0 Å². The van der Waals surface area contributed by atoms with Crippen molar-refractivity contribution in [2.24, 2.45) is 34.5 Å². The summed E-state index contributed by atoms with van der Waals surface area (Å²) < 4.78 is 0. The van der Waals surface area contributed by atoms with Crippen molar-refractivity contribution in [3.63, 3.8) is 0 Å². The lowest BCUT2D eigenvalue weighted by atomic mass is 9.48. The Bertz CT molecular complexity index is 678. The molecular weight excluding hydrogens is 336 g/mol. The van der Waals surface area contributed by atoms with E-state index in [9.17, 15) is 9.59 Å². The number of hydrogen-bond donors (Lipinski definition) is 2. The smallest absolute Gasteiger partial charge is 0.243 e. The predicted molar refractivity (Wildman–Crippen MR) is 107 cm³/mol. The van der Waals surface area contributed by atoms with Crippen molar-refractivity contribution in [1.82, 2.24) is 10.6 Å². The molecule has 2 N–H and O–H groups in total. The molecular formula is C23H36N2O2. The van der Waals surface area contributed by atoms with Crippen LogP contribution < -0.4 is 10.6 Å². The van der Waals surface area contributed by atoms with Gasteiger partial charge in [-0.25, -0.2) is 0 Å². The first-order chi connectivity index (χ1) is 12.5. The van der Waals surface area contributed by atoms with Gasteiger partial charge in [0.05, 0.1) is 0 Å². The average molecular weight is 373 g/mol. The zero-order chi connectivity index (χ0) is 19.6. The van der Waals surface area contributed by atoms with Crippen LogP contribution in [-0.2, 0) is 9.59 Å². The van der Waals surface area contributed by atoms with Crippen LogP contribution >= 0.6 is 0 Å². The maximum absolute atomic E-state index is 13.0. The third-order valence-corrected chi connectivity index (χ3v) is 8.50. The standard InChI is InChI=1S/C23H36N2O2/c1-21(2,3)25-20(27)17-8-7-15-14-6-9-18-23(5,13-11-19(26)24-18)16(14)10-12-22(15,17)4/h11,13-18H,6-10,12H2,1-5H3,(H,24,26)(H,25,27)/t14-,15+,16+,17+,18+,22-,23+/m0/s1. The highest BCUT2D eigenvalue weighted by atomic mass is 16.2. The predicted octanol–water partition coefficient (Wildman–Crippen LogP) is 3.81. The summed E-state index contributed by atoms with van der Waals surface area (Å²) in [6, 6.07) is 0.280. The van der Waals surface area contributed by atoms with Gasteiger partial charge >= 0.3 is 0 Å². The molecule has 1 aliphatic heterocycles. The van der Waals surface area contributed by atoms with Gasteiger partial charge < -0.3 is 10.6 Å². The minimum atomic E-state index is -0.167. The van der Waals surface area contributed by atoms with Crippen molar-refractivity contribution in [2.75, 3.05) is 0 Å². The molecule has 4 aliphatic rings. The number of rotatable bonds is 1. The Balaban J connectivity index is 1.58. The van der Waals surface area contributed by atoms with Crippen LogP contribution in [0, 0.1) is 34.5 Å². The molecule has 27 heavy (non-hydrogen) atoms. The normalized spacial score (nSPS) is 46.1. The highest BCUT2D eigenvalue weighted by Crippen LogP contribution is 2.65. The second-order valence-corrected chi connectivity index (χ2v) is 11.1. The van der Waals surface area contributed by atoms with Gasteiger partial charge in [0.2, 0.25) is 11.8 Å². The van der Waals surface area contributed by atoms with E-state index in [1.165, 1.54) is 19.3 Å². The van der Waals surface area contributed by atoms with Crippen LogP contribution in [0.1, 0.15) is 73.1 Å². The molecule has 0 spiro atoms. The molecule has 3 fully saturated rings. The molecule has 0 aromatic rings. The van der Waals surface area contributed by atoms with E-state index in [2.05, 4.69) is 51.3 Å². The van der Waals surface area contributed by atoms with Gasteiger partial charge in [0.25, 0.3) is 0 Å². The Morgan fingerprint density at radius 2 is 1.85 bits per heavy atom. The van der Waals surface area contributed by atoms with Crippen LogP contribution in [-0.4, -0.2) is 23.4 Å². The number of hydrogen-bond acceptors (Lipinski definition) is 2. The van der Waals surface area contributed by atoms with Gasteiger partial charge in [-0.3, -0.25) is 9.59 Å². The Morgan fingerprint density at radius 3 is 2.56 bits per heavy atom. The van der Waals surface area contributed by atoms with Crippen molar-refractivity contribution in [3.8, 4) is 0 Å². The first kappa shape index (κ1) is 19.0. The van der Waals surface area contributed by atoms with Gasteiger partial charge in [-0.15, -0.1) is 0 Å². The summed E-state index contributed by atoms with van der Waals surface area (Å²) in [5, 5.41) is 6.48. The quantitative estimate of drug-likeness (QED) is 0.735. The monoisotopic (exact) mass is 372 g/mol. The molecule has 0 bridgehead atoms. The van der Waals surface area contributed by atoms with Gasteiger partial charge in [0.1, 0.15) is 0 Å². The molecule has 0 aromatic heterocycles. The first-order valence-corrected chi connectivity index (χ1v) is 10.9. The molecule has 4 heteroatoms. The SMILES string of the molecule is CC(C)(C)NC(=O)[C@H]1CC[C@@H]2[C@@H]3CC[C@H]4NC(=O)C=C[C@]4(C)[C@@H]3CC[C@]12C. The minimum absolute atomic E-state index is 0.0661. The first-order valence-electron chi connectivity index (χ1n) is 10.9. The molecule has 1 heterocycles. The van der Waals surface area contributed by atoms with Crippen molar-refractivity contribution < 1.29 is 9.59 Å². The second-order valence-electron chi connectivity index (χ2n) is 11.1. The molecule has 150 valence electrons. The molecule has 0 radical (unpaired) electrons. The second kappa shape index (κ2) is 6.09. The number of amides is 2. The van der Waals surface area contributed by atoms with E-state index in [1.807, 2.05) is 0 Å². The van der Waals surface area contributed by atoms with Crippen molar-refractivity contribution in [3.05, 3.63) is 12.2 Å². The molecule has 0 saturated heterocycles. The molecule has 3 aliphatic carbocycles. The van der Waals surface area contributed by atoms with E-state index in [-0.39, 0.29) is 40.1 Å². The average Bonchev–Trinajstić information content (AvgIpc) is 2.91. The summed E-state index contributed by atoms with van der Waals surface area (Å²) in [5.41, 5.74) is 0.0323. The number of carbonyl (C=O) groups is 2. The van der Waals surface area contributed by atoms with Gasteiger partial charge in [-0.2, -0.15) is 0 Å². The number of carbonyl (C=O) groups excluding carboxylic acids is 2. The van der Waals surface area contributed by atoms with E-state index in [4.69, 9.17) is 0 Å². The highest BCUT2D eigenvalue weighted by molar-refractivity contribution is 5.89. The Labute approximate surface area is 163 Å². The summed E-state index contributed by atoms with van der Waals surface area (Å²) >= 11 is 0. The van der Waals surface area contributed by atoms with E-state index in [1.54, 1.807) is 6.08 Å². The van der Waals surface area contributed by atoms with Crippen molar-refractivity contribution in [2.45, 2.75) is 84.7 Å². The zero-order valence-electron chi connectivity index (χ0n) is 17.6. The lowest BCUT2D eigenvalue weighted by Gasteiger charge is -2.58. The van der Waals surface area contributed by atoms with Crippen molar-refractivity contribution >= 4 is 11.8 Å². The molecule has 0 unspecified atom stereocenters. The Hall–Kier alpha value is -1.32. The zero-order valence-corrected chi connectivity index (χ0v) is 17.6. The molecule has 7 atom stereocenters. The van der Waals surface area contributed by atoms with Crippen molar-refractivity contribution in [1.29, 1.82) is 0 Å². The number of fused-ring (bicyclic) bond motifs is 5. The molecule has 4 rings (SSSR count). The topological polar surface area (TPSA) is 58.2 Å². The Kier molecular flexibility index (Phi) is 4.29. The van der Waals surface area contributed by atoms with E-state index in [0.717, 1.165) is 19.3 Å². The van der Waals surface area contributed by atoms with Crippen LogP contribution in [0.4, 0.5) is 0 Å². The largest absolute Gasteiger partial charge is 0.351 e. The molecule has 2 amide bonds. The van der Waals surface area contributed by atoms with E-state index in [0.29, 0.717) is 17.8 Å². The third kappa shape index (κ3) is 2.94. The van der Waals surface area contributed by atoms with E-state index >= 15 is 0 Å².